The smallest absolute Gasteiger partial charge is 0.141 e. The van der Waals surface area contributed by atoms with Crippen LogP contribution in [0.4, 0.5) is 4.39 Å². The molecule has 0 spiro atoms. The number of rotatable bonds is 4. The Kier molecular flexibility index (Phi) is 4.13. The van der Waals surface area contributed by atoms with Crippen LogP contribution in [0, 0.1) is 11.7 Å². The highest BCUT2D eigenvalue weighted by molar-refractivity contribution is 6.30. The Labute approximate surface area is 105 Å². The minimum absolute atomic E-state index is 0.0690. The molecule has 2 rings (SSSR count). The predicted octanol–water partition coefficient (Wildman–Crippen LogP) is 3.02. The molecule has 0 amide bonds. The monoisotopic (exact) mass is 256 g/mol. The predicted molar refractivity (Wildman–Crippen MR) is 63.7 cm³/mol. The molecule has 1 atom stereocenters. The largest absolute Gasteiger partial charge is 0.381 e. The molecule has 1 aromatic rings. The summed E-state index contributed by atoms with van der Waals surface area (Å²) in [7, 11) is 0. The second-order valence-electron chi connectivity index (χ2n) is 4.40. The molecule has 2 nitrogen and oxygen atoms in total. The highest BCUT2D eigenvalue weighted by Gasteiger charge is 2.19. The number of ketones is 1. The first-order chi connectivity index (χ1) is 8.15. The minimum Gasteiger partial charge on any atom is -0.381 e. The number of hydrogen-bond donors (Lipinski definition) is 0. The summed E-state index contributed by atoms with van der Waals surface area (Å²) in [6.45, 7) is 1.43. The normalized spacial score (nSPS) is 19.5. The fraction of sp³-hybridized carbons (Fsp3) is 0.462. The zero-order valence-electron chi connectivity index (χ0n) is 9.42. The topological polar surface area (TPSA) is 26.3 Å². The summed E-state index contributed by atoms with van der Waals surface area (Å²) in [4.78, 5) is 11.8. The highest BCUT2D eigenvalue weighted by Crippen LogP contribution is 2.20. The molecule has 0 aromatic heterocycles. The molecule has 0 saturated carbocycles. The summed E-state index contributed by atoms with van der Waals surface area (Å²) < 4.78 is 18.2. The first-order valence-electron chi connectivity index (χ1n) is 5.68. The summed E-state index contributed by atoms with van der Waals surface area (Å²) in [6, 6.07) is 4.41. The summed E-state index contributed by atoms with van der Waals surface area (Å²) in [5, 5.41) is 0.0690. The second kappa shape index (κ2) is 5.61. The SMILES string of the molecule is O=C(Cc1ccc(F)c(Cl)c1)CC1CCOC1. The van der Waals surface area contributed by atoms with Crippen LogP contribution >= 0.6 is 11.6 Å². The van der Waals surface area contributed by atoms with E-state index < -0.39 is 5.82 Å². The van der Waals surface area contributed by atoms with Gasteiger partial charge in [-0.1, -0.05) is 17.7 Å². The maximum absolute atomic E-state index is 12.9. The van der Waals surface area contributed by atoms with Crippen molar-refractivity contribution in [1.82, 2.24) is 0 Å². The van der Waals surface area contributed by atoms with Crippen LogP contribution in [0.25, 0.3) is 0 Å². The Hall–Kier alpha value is -0.930. The highest BCUT2D eigenvalue weighted by atomic mass is 35.5. The van der Waals surface area contributed by atoms with Crippen LogP contribution in [-0.4, -0.2) is 19.0 Å². The Balaban J connectivity index is 1.90. The van der Waals surface area contributed by atoms with E-state index >= 15 is 0 Å². The van der Waals surface area contributed by atoms with Gasteiger partial charge < -0.3 is 4.74 Å². The lowest BCUT2D eigenvalue weighted by molar-refractivity contribution is -0.119. The number of hydrogen-bond acceptors (Lipinski definition) is 2. The lowest BCUT2D eigenvalue weighted by Crippen LogP contribution is -2.10. The van der Waals surface area contributed by atoms with Gasteiger partial charge in [-0.05, 0) is 30.0 Å². The van der Waals surface area contributed by atoms with Crippen molar-refractivity contribution >= 4 is 17.4 Å². The van der Waals surface area contributed by atoms with E-state index in [9.17, 15) is 9.18 Å². The van der Waals surface area contributed by atoms with Crippen molar-refractivity contribution in [3.05, 3.63) is 34.6 Å². The molecule has 1 fully saturated rings. The van der Waals surface area contributed by atoms with Crippen molar-refractivity contribution in [2.24, 2.45) is 5.92 Å². The first kappa shape index (κ1) is 12.5. The van der Waals surface area contributed by atoms with Crippen LogP contribution < -0.4 is 0 Å². The Bertz CT molecular complexity index is 414. The molecule has 17 heavy (non-hydrogen) atoms. The Morgan fingerprint density at radius 3 is 3.00 bits per heavy atom. The van der Waals surface area contributed by atoms with Gasteiger partial charge in [-0.3, -0.25) is 4.79 Å². The van der Waals surface area contributed by atoms with E-state index in [4.69, 9.17) is 16.3 Å². The summed E-state index contributed by atoms with van der Waals surface area (Å²) in [6.07, 6.45) is 1.81. The number of Topliss-reactive ketones (excluding diaryl/α,β-unsaturated/α-hetero) is 1. The number of halogens is 2. The van der Waals surface area contributed by atoms with Gasteiger partial charge in [-0.2, -0.15) is 0 Å². The average molecular weight is 257 g/mol. The van der Waals surface area contributed by atoms with E-state index in [2.05, 4.69) is 0 Å². The molecule has 4 heteroatoms. The van der Waals surface area contributed by atoms with Crippen molar-refractivity contribution in [2.75, 3.05) is 13.2 Å². The van der Waals surface area contributed by atoms with Gasteiger partial charge >= 0.3 is 0 Å². The van der Waals surface area contributed by atoms with E-state index in [1.165, 1.54) is 12.1 Å². The first-order valence-corrected chi connectivity index (χ1v) is 6.06. The van der Waals surface area contributed by atoms with Crippen molar-refractivity contribution in [2.45, 2.75) is 19.3 Å². The van der Waals surface area contributed by atoms with Crippen molar-refractivity contribution in [3.63, 3.8) is 0 Å². The van der Waals surface area contributed by atoms with Crippen LogP contribution in [0.15, 0.2) is 18.2 Å². The van der Waals surface area contributed by atoms with Gasteiger partial charge in [0.25, 0.3) is 0 Å². The number of ether oxygens (including phenoxy) is 1. The van der Waals surface area contributed by atoms with Crippen LogP contribution in [-0.2, 0) is 16.0 Å². The van der Waals surface area contributed by atoms with Crippen LogP contribution in [0.3, 0.4) is 0 Å². The van der Waals surface area contributed by atoms with Crippen molar-refractivity contribution in [3.8, 4) is 0 Å². The fourth-order valence-electron chi connectivity index (χ4n) is 2.02. The molecule has 1 saturated heterocycles. The third-order valence-electron chi connectivity index (χ3n) is 2.93. The molecule has 0 bridgehead atoms. The third-order valence-corrected chi connectivity index (χ3v) is 3.22. The number of benzene rings is 1. The molecule has 0 N–H and O–H groups in total. The van der Waals surface area contributed by atoms with E-state index in [-0.39, 0.29) is 10.8 Å². The molecular weight excluding hydrogens is 243 g/mol. The lowest BCUT2D eigenvalue weighted by atomic mass is 9.98. The van der Waals surface area contributed by atoms with Gasteiger partial charge in [-0.25, -0.2) is 4.39 Å². The molecule has 1 aromatic carbocycles. The standard InChI is InChI=1S/C13H14ClFO2/c14-12-7-9(1-2-13(12)15)5-11(16)6-10-3-4-17-8-10/h1-2,7,10H,3-6,8H2. The van der Waals surface area contributed by atoms with Crippen LogP contribution in [0.1, 0.15) is 18.4 Å². The van der Waals surface area contributed by atoms with E-state index in [1.807, 2.05) is 0 Å². The Morgan fingerprint density at radius 2 is 2.35 bits per heavy atom. The molecule has 1 unspecified atom stereocenters. The summed E-state index contributed by atoms with van der Waals surface area (Å²) in [5.41, 5.74) is 0.764. The van der Waals surface area contributed by atoms with E-state index in [1.54, 1.807) is 6.07 Å². The molecule has 1 aliphatic rings. The number of carbonyl (C=O) groups is 1. The van der Waals surface area contributed by atoms with Crippen molar-refractivity contribution in [1.29, 1.82) is 0 Å². The van der Waals surface area contributed by atoms with Crippen molar-refractivity contribution < 1.29 is 13.9 Å². The molecule has 1 heterocycles. The zero-order valence-corrected chi connectivity index (χ0v) is 10.2. The summed E-state index contributed by atoms with van der Waals surface area (Å²) >= 11 is 5.66. The van der Waals surface area contributed by atoms with Gasteiger partial charge in [-0.15, -0.1) is 0 Å². The van der Waals surface area contributed by atoms with Gasteiger partial charge in [0.1, 0.15) is 11.6 Å². The summed E-state index contributed by atoms with van der Waals surface area (Å²) in [5.74, 6) is 0.0497. The minimum atomic E-state index is -0.452. The Morgan fingerprint density at radius 1 is 1.53 bits per heavy atom. The lowest BCUT2D eigenvalue weighted by Gasteiger charge is -2.06. The quantitative estimate of drug-likeness (QED) is 0.828. The van der Waals surface area contributed by atoms with Gasteiger partial charge in [0.15, 0.2) is 0 Å². The zero-order chi connectivity index (χ0) is 12.3. The van der Waals surface area contributed by atoms with E-state index in [0.29, 0.717) is 25.4 Å². The second-order valence-corrected chi connectivity index (χ2v) is 4.80. The van der Waals surface area contributed by atoms with E-state index in [0.717, 1.165) is 18.6 Å². The maximum atomic E-state index is 12.9. The van der Waals surface area contributed by atoms with Crippen LogP contribution in [0.5, 0.6) is 0 Å². The average Bonchev–Trinajstić information content (AvgIpc) is 2.76. The molecule has 0 aliphatic carbocycles. The molecule has 0 radical (unpaired) electrons. The third kappa shape index (κ3) is 3.51. The fourth-order valence-corrected chi connectivity index (χ4v) is 2.22. The van der Waals surface area contributed by atoms with Crippen LogP contribution in [0.2, 0.25) is 5.02 Å². The van der Waals surface area contributed by atoms with Gasteiger partial charge in [0.05, 0.1) is 5.02 Å². The maximum Gasteiger partial charge on any atom is 0.141 e. The molecule has 1 aliphatic heterocycles. The molecule has 92 valence electrons. The van der Waals surface area contributed by atoms with Gasteiger partial charge in [0, 0.05) is 26.1 Å². The van der Waals surface area contributed by atoms with Gasteiger partial charge in [0.2, 0.25) is 0 Å². The number of carbonyl (C=O) groups excluding carboxylic acids is 1. The molecular formula is C13H14ClFO2.